The summed E-state index contributed by atoms with van der Waals surface area (Å²) in [4.78, 5) is 12.5. The van der Waals surface area contributed by atoms with Crippen molar-refractivity contribution in [3.8, 4) is 0 Å². The standard InChI is InChI=1S/C15H26N4O2/c16-15(17)19-8-6-12(10-19)5-7-18-13-3-1-11(2-4-13)9-14(20)21/h6,11,13,18H,1-5,7-10H2,(H3,16,17)(H,20,21). The van der Waals surface area contributed by atoms with Crippen molar-refractivity contribution in [2.24, 2.45) is 11.7 Å². The average molecular weight is 294 g/mol. The van der Waals surface area contributed by atoms with Gasteiger partial charge in [-0.05, 0) is 44.6 Å². The topological polar surface area (TPSA) is 102 Å². The van der Waals surface area contributed by atoms with Crippen LogP contribution in [0.3, 0.4) is 0 Å². The van der Waals surface area contributed by atoms with Crippen LogP contribution in [0, 0.1) is 11.3 Å². The first-order valence-corrected chi connectivity index (χ1v) is 7.76. The predicted molar refractivity (Wildman–Crippen MR) is 82.2 cm³/mol. The van der Waals surface area contributed by atoms with Crippen LogP contribution >= 0.6 is 0 Å². The number of carboxylic acid groups (broad SMARTS) is 1. The number of hydrogen-bond donors (Lipinski definition) is 4. The van der Waals surface area contributed by atoms with Crippen molar-refractivity contribution in [2.45, 2.75) is 44.6 Å². The molecule has 0 saturated heterocycles. The van der Waals surface area contributed by atoms with Gasteiger partial charge in [0.05, 0.1) is 0 Å². The smallest absolute Gasteiger partial charge is 0.303 e. The fourth-order valence-electron chi connectivity index (χ4n) is 3.23. The summed E-state index contributed by atoms with van der Waals surface area (Å²) in [5.41, 5.74) is 6.82. The summed E-state index contributed by atoms with van der Waals surface area (Å²) in [7, 11) is 0. The molecular weight excluding hydrogens is 268 g/mol. The van der Waals surface area contributed by atoms with E-state index in [9.17, 15) is 4.79 Å². The molecule has 0 aromatic rings. The number of guanidine groups is 1. The van der Waals surface area contributed by atoms with E-state index in [1.54, 1.807) is 0 Å². The molecule has 0 atom stereocenters. The third-order valence-electron chi connectivity index (χ3n) is 4.52. The van der Waals surface area contributed by atoms with Gasteiger partial charge in [-0.15, -0.1) is 0 Å². The molecular formula is C15H26N4O2. The van der Waals surface area contributed by atoms with Gasteiger partial charge in [0.2, 0.25) is 0 Å². The zero-order chi connectivity index (χ0) is 15.2. The van der Waals surface area contributed by atoms with Gasteiger partial charge < -0.3 is 21.1 Å². The number of rotatable bonds is 6. The van der Waals surface area contributed by atoms with Crippen LogP contribution < -0.4 is 11.1 Å². The Morgan fingerprint density at radius 3 is 2.71 bits per heavy atom. The van der Waals surface area contributed by atoms with Gasteiger partial charge in [0.15, 0.2) is 5.96 Å². The molecule has 6 nitrogen and oxygen atoms in total. The number of nitrogens with two attached hydrogens (primary N) is 1. The molecule has 1 heterocycles. The summed E-state index contributed by atoms with van der Waals surface area (Å²) in [6.45, 7) is 2.49. The fraction of sp³-hybridized carbons (Fsp3) is 0.733. The van der Waals surface area contributed by atoms with Crippen molar-refractivity contribution in [1.82, 2.24) is 10.2 Å². The lowest BCUT2D eigenvalue weighted by molar-refractivity contribution is -0.138. The maximum atomic E-state index is 10.7. The van der Waals surface area contributed by atoms with Gasteiger partial charge in [-0.25, -0.2) is 0 Å². The van der Waals surface area contributed by atoms with E-state index in [0.717, 1.165) is 51.7 Å². The monoisotopic (exact) mass is 294 g/mol. The van der Waals surface area contributed by atoms with E-state index in [2.05, 4.69) is 11.4 Å². The second kappa shape index (κ2) is 7.45. The van der Waals surface area contributed by atoms with Crippen LogP contribution in [0.1, 0.15) is 38.5 Å². The summed E-state index contributed by atoms with van der Waals surface area (Å²) >= 11 is 0. The van der Waals surface area contributed by atoms with Crippen molar-refractivity contribution in [1.29, 1.82) is 5.41 Å². The minimum Gasteiger partial charge on any atom is -0.481 e. The lowest BCUT2D eigenvalue weighted by Crippen LogP contribution is -2.36. The highest BCUT2D eigenvalue weighted by Crippen LogP contribution is 2.26. The lowest BCUT2D eigenvalue weighted by Gasteiger charge is -2.28. The molecule has 2 rings (SSSR count). The second-order valence-corrected chi connectivity index (χ2v) is 6.15. The Morgan fingerprint density at radius 1 is 1.43 bits per heavy atom. The molecule has 0 amide bonds. The normalized spacial score (nSPS) is 25.7. The van der Waals surface area contributed by atoms with Gasteiger partial charge in [-0.1, -0.05) is 11.6 Å². The number of nitrogens with zero attached hydrogens (tertiary/aromatic N) is 1. The van der Waals surface area contributed by atoms with E-state index < -0.39 is 5.97 Å². The van der Waals surface area contributed by atoms with Gasteiger partial charge >= 0.3 is 5.97 Å². The second-order valence-electron chi connectivity index (χ2n) is 6.15. The summed E-state index contributed by atoms with van der Waals surface area (Å²) in [6, 6.07) is 0.529. The van der Waals surface area contributed by atoms with Crippen molar-refractivity contribution >= 4 is 11.9 Å². The summed E-state index contributed by atoms with van der Waals surface area (Å²) in [5, 5.41) is 19.8. The first kappa shape index (κ1) is 15.8. The Morgan fingerprint density at radius 2 is 2.14 bits per heavy atom. The van der Waals surface area contributed by atoms with Gasteiger partial charge in [-0.3, -0.25) is 10.2 Å². The Bertz CT molecular complexity index is 414. The molecule has 1 aliphatic carbocycles. The molecule has 0 radical (unpaired) electrons. The first-order chi connectivity index (χ1) is 10.0. The molecule has 2 aliphatic rings. The number of aliphatic carboxylic acids is 1. The van der Waals surface area contributed by atoms with E-state index >= 15 is 0 Å². The highest BCUT2D eigenvalue weighted by atomic mass is 16.4. The molecule has 1 fully saturated rings. The van der Waals surface area contributed by atoms with E-state index in [0.29, 0.717) is 18.4 Å². The number of carbonyl (C=O) groups is 1. The Kier molecular flexibility index (Phi) is 5.61. The molecule has 0 aromatic carbocycles. The Balaban J connectivity index is 1.58. The third kappa shape index (κ3) is 5.04. The van der Waals surface area contributed by atoms with Crippen LogP contribution in [-0.2, 0) is 4.79 Å². The molecule has 0 spiro atoms. The number of hydrogen-bond acceptors (Lipinski definition) is 3. The van der Waals surface area contributed by atoms with Crippen LogP contribution in [0.5, 0.6) is 0 Å². The molecule has 0 bridgehead atoms. The fourth-order valence-corrected chi connectivity index (χ4v) is 3.23. The van der Waals surface area contributed by atoms with Crippen molar-refractivity contribution in [3.05, 3.63) is 11.6 Å². The molecule has 5 N–H and O–H groups in total. The Hall–Kier alpha value is -1.56. The SMILES string of the molecule is N=C(N)N1CC=C(CCNC2CCC(CC(=O)O)CC2)C1. The molecule has 1 aliphatic heterocycles. The molecule has 0 unspecified atom stereocenters. The van der Waals surface area contributed by atoms with E-state index in [1.807, 2.05) is 4.90 Å². The molecule has 118 valence electrons. The Labute approximate surface area is 125 Å². The predicted octanol–water partition coefficient (Wildman–Crippen LogP) is 1.14. The zero-order valence-corrected chi connectivity index (χ0v) is 12.5. The number of carboxylic acids is 1. The van der Waals surface area contributed by atoms with Gasteiger partial charge in [0.25, 0.3) is 0 Å². The van der Waals surface area contributed by atoms with Crippen molar-refractivity contribution < 1.29 is 9.90 Å². The summed E-state index contributed by atoms with van der Waals surface area (Å²) in [6.07, 6.45) is 7.68. The lowest BCUT2D eigenvalue weighted by atomic mass is 9.84. The van der Waals surface area contributed by atoms with Crippen LogP contribution in [0.2, 0.25) is 0 Å². The number of nitrogens with one attached hydrogen (secondary N) is 2. The zero-order valence-electron chi connectivity index (χ0n) is 12.5. The maximum Gasteiger partial charge on any atom is 0.303 e. The van der Waals surface area contributed by atoms with Crippen LogP contribution in [0.4, 0.5) is 0 Å². The van der Waals surface area contributed by atoms with Crippen molar-refractivity contribution in [2.75, 3.05) is 19.6 Å². The maximum absolute atomic E-state index is 10.7. The van der Waals surface area contributed by atoms with Crippen LogP contribution in [0.25, 0.3) is 0 Å². The molecule has 6 heteroatoms. The van der Waals surface area contributed by atoms with Crippen molar-refractivity contribution in [3.63, 3.8) is 0 Å². The van der Waals surface area contributed by atoms with E-state index in [-0.39, 0.29) is 5.96 Å². The first-order valence-electron chi connectivity index (χ1n) is 7.76. The van der Waals surface area contributed by atoms with Gasteiger partial charge in [-0.2, -0.15) is 0 Å². The highest BCUT2D eigenvalue weighted by Gasteiger charge is 2.22. The van der Waals surface area contributed by atoms with E-state index in [1.165, 1.54) is 5.57 Å². The molecule has 0 aromatic heterocycles. The third-order valence-corrected chi connectivity index (χ3v) is 4.52. The van der Waals surface area contributed by atoms with Gasteiger partial charge in [0, 0.05) is 25.6 Å². The highest BCUT2D eigenvalue weighted by molar-refractivity contribution is 5.75. The molecule has 21 heavy (non-hydrogen) atoms. The van der Waals surface area contributed by atoms with Gasteiger partial charge in [0.1, 0.15) is 0 Å². The molecule has 1 saturated carbocycles. The van der Waals surface area contributed by atoms with E-state index in [4.69, 9.17) is 16.2 Å². The van der Waals surface area contributed by atoms with Crippen LogP contribution in [-0.4, -0.2) is 47.6 Å². The van der Waals surface area contributed by atoms with Crippen LogP contribution in [0.15, 0.2) is 11.6 Å². The quantitative estimate of drug-likeness (QED) is 0.334. The summed E-state index contributed by atoms with van der Waals surface area (Å²) in [5.74, 6) is -0.164. The minimum atomic E-state index is -0.672. The average Bonchev–Trinajstić information content (AvgIpc) is 2.89. The minimum absolute atomic E-state index is 0.144. The summed E-state index contributed by atoms with van der Waals surface area (Å²) < 4.78 is 0. The largest absolute Gasteiger partial charge is 0.481 e.